The molecule has 0 spiro atoms. The van der Waals surface area contributed by atoms with E-state index in [1.165, 1.54) is 17.4 Å². The average Bonchev–Trinajstić information content (AvgIpc) is 3.52. The van der Waals surface area contributed by atoms with Crippen LogP contribution in [0.5, 0.6) is 11.5 Å². The minimum Gasteiger partial charge on any atom is -0.493 e. The minimum atomic E-state index is -0.253. The smallest absolute Gasteiger partial charge is 0.162 e. The molecular weight excluding hydrogens is 437 g/mol. The number of thiophene rings is 1. The summed E-state index contributed by atoms with van der Waals surface area (Å²) < 4.78 is 25.2. The van der Waals surface area contributed by atoms with Crippen molar-refractivity contribution >= 4 is 28.1 Å². The second kappa shape index (κ2) is 8.96. The van der Waals surface area contributed by atoms with Crippen LogP contribution in [0.15, 0.2) is 72.1 Å². The van der Waals surface area contributed by atoms with Crippen LogP contribution in [-0.2, 0) is 6.54 Å². The van der Waals surface area contributed by atoms with Crippen LogP contribution in [0.25, 0.3) is 32.9 Å². The first kappa shape index (κ1) is 21.0. The first-order chi connectivity index (χ1) is 16.1. The summed E-state index contributed by atoms with van der Waals surface area (Å²) in [6, 6.07) is 21.0. The zero-order valence-corrected chi connectivity index (χ0v) is 19.0. The number of fused-ring (bicyclic) bond motifs is 1. The molecule has 0 saturated heterocycles. The van der Waals surface area contributed by atoms with Crippen molar-refractivity contribution in [3.8, 4) is 33.3 Å². The fraction of sp³-hybridized carbons (Fsp3) is 0.115. The van der Waals surface area contributed by atoms with Gasteiger partial charge in [0.2, 0.25) is 0 Å². The summed E-state index contributed by atoms with van der Waals surface area (Å²) in [6.07, 6.45) is 0. The summed E-state index contributed by atoms with van der Waals surface area (Å²) in [5, 5.41) is 5.33. The number of anilines is 1. The maximum atomic E-state index is 14.6. The van der Waals surface area contributed by atoms with Crippen LogP contribution in [-0.4, -0.2) is 24.2 Å². The molecule has 5 rings (SSSR count). The predicted octanol–water partition coefficient (Wildman–Crippen LogP) is 6.73. The van der Waals surface area contributed by atoms with E-state index in [1.807, 2.05) is 60.0 Å². The number of ether oxygens (including phenoxy) is 2. The molecule has 0 amide bonds. The highest BCUT2D eigenvalue weighted by Gasteiger charge is 2.12. The molecule has 7 heteroatoms. The molecule has 3 aromatic carbocycles. The van der Waals surface area contributed by atoms with E-state index >= 15 is 0 Å². The van der Waals surface area contributed by atoms with E-state index in [4.69, 9.17) is 14.5 Å². The molecular formula is C26H22FN3O2S. The van der Waals surface area contributed by atoms with Crippen LogP contribution in [0.2, 0.25) is 0 Å². The molecule has 0 aliphatic rings. The average molecular weight is 460 g/mol. The zero-order valence-electron chi connectivity index (χ0n) is 18.2. The molecule has 33 heavy (non-hydrogen) atoms. The first-order valence-electron chi connectivity index (χ1n) is 10.4. The number of H-pyrrole nitrogens is 1. The van der Waals surface area contributed by atoms with Gasteiger partial charge < -0.3 is 19.8 Å². The second-order valence-electron chi connectivity index (χ2n) is 7.53. The summed E-state index contributed by atoms with van der Waals surface area (Å²) in [5.74, 6) is 1.84. The molecule has 5 aromatic rings. The molecule has 2 heterocycles. The third kappa shape index (κ3) is 4.27. The van der Waals surface area contributed by atoms with Gasteiger partial charge in [-0.25, -0.2) is 9.37 Å². The number of aromatic amines is 1. The number of hydrogen-bond acceptors (Lipinski definition) is 5. The molecule has 5 nitrogen and oxygen atoms in total. The van der Waals surface area contributed by atoms with Crippen LogP contribution in [0.3, 0.4) is 0 Å². The monoisotopic (exact) mass is 459 g/mol. The number of aromatic nitrogens is 2. The topological polar surface area (TPSA) is 59.2 Å². The molecule has 0 aliphatic heterocycles. The minimum absolute atomic E-state index is 0.253. The summed E-state index contributed by atoms with van der Waals surface area (Å²) in [7, 11) is 3.24. The number of methoxy groups -OCH3 is 2. The molecule has 2 aromatic heterocycles. The third-order valence-corrected chi connectivity index (χ3v) is 6.37. The predicted molar refractivity (Wildman–Crippen MR) is 132 cm³/mol. The van der Waals surface area contributed by atoms with Crippen molar-refractivity contribution in [2.75, 3.05) is 19.5 Å². The van der Waals surface area contributed by atoms with Crippen molar-refractivity contribution in [2.45, 2.75) is 6.54 Å². The molecule has 0 atom stereocenters. The maximum absolute atomic E-state index is 14.6. The van der Waals surface area contributed by atoms with Gasteiger partial charge in [0.1, 0.15) is 11.6 Å². The summed E-state index contributed by atoms with van der Waals surface area (Å²) in [5.41, 5.74) is 5.01. The highest BCUT2D eigenvalue weighted by molar-refractivity contribution is 7.13. The summed E-state index contributed by atoms with van der Waals surface area (Å²) in [4.78, 5) is 8.82. The number of nitrogens with zero attached hydrogens (tertiary/aromatic N) is 1. The first-order valence-corrected chi connectivity index (χ1v) is 11.3. The van der Waals surface area contributed by atoms with Crippen molar-refractivity contribution in [2.24, 2.45) is 0 Å². The van der Waals surface area contributed by atoms with E-state index in [1.54, 1.807) is 20.3 Å². The molecule has 2 N–H and O–H groups in total. The van der Waals surface area contributed by atoms with Gasteiger partial charge in [-0.3, -0.25) is 0 Å². The molecule has 0 saturated carbocycles. The quantitative estimate of drug-likeness (QED) is 0.283. The van der Waals surface area contributed by atoms with Crippen molar-refractivity contribution in [1.29, 1.82) is 0 Å². The lowest BCUT2D eigenvalue weighted by Gasteiger charge is -2.11. The Hall–Kier alpha value is -3.84. The maximum Gasteiger partial charge on any atom is 0.162 e. The Bertz CT molecular complexity index is 1400. The number of halogens is 1. The van der Waals surface area contributed by atoms with E-state index < -0.39 is 0 Å². The van der Waals surface area contributed by atoms with Crippen LogP contribution < -0.4 is 14.8 Å². The van der Waals surface area contributed by atoms with Gasteiger partial charge in [0, 0.05) is 40.4 Å². The molecule has 0 bridgehead atoms. The Morgan fingerprint density at radius 3 is 2.52 bits per heavy atom. The second-order valence-corrected chi connectivity index (χ2v) is 8.48. The highest BCUT2D eigenvalue weighted by Crippen LogP contribution is 2.32. The zero-order chi connectivity index (χ0) is 22.8. The lowest BCUT2D eigenvalue weighted by molar-refractivity contribution is 0.355. The van der Waals surface area contributed by atoms with Crippen molar-refractivity contribution in [3.05, 3.63) is 83.5 Å². The van der Waals surface area contributed by atoms with Gasteiger partial charge in [-0.2, -0.15) is 0 Å². The number of nitrogens with one attached hydrogen (secondary N) is 2. The fourth-order valence-electron chi connectivity index (χ4n) is 3.72. The molecule has 0 aliphatic carbocycles. The van der Waals surface area contributed by atoms with Gasteiger partial charge in [0.15, 0.2) is 11.5 Å². The van der Waals surface area contributed by atoms with Crippen LogP contribution in [0.1, 0.15) is 5.56 Å². The Balaban J connectivity index is 1.33. The standard InChI is InChI=1S/C26H22FN3O2S/c1-31-23-10-9-18(12-24(23)32-2)28-15-16-5-7-17(8-6-16)26-29-21-13-19(25-4-3-11-33-25)20(27)14-22(21)30-26/h3-14,28H,15H2,1-2H3,(H,29,30). The third-order valence-electron chi connectivity index (χ3n) is 5.46. The Morgan fingerprint density at radius 1 is 0.970 bits per heavy atom. The number of imidazole rings is 1. The number of benzene rings is 3. The van der Waals surface area contributed by atoms with Gasteiger partial charge in [-0.05, 0) is 35.2 Å². The van der Waals surface area contributed by atoms with Gasteiger partial charge in [-0.1, -0.05) is 30.3 Å². The van der Waals surface area contributed by atoms with Crippen molar-refractivity contribution < 1.29 is 13.9 Å². The van der Waals surface area contributed by atoms with Crippen LogP contribution in [0, 0.1) is 5.82 Å². The Kier molecular flexibility index (Phi) is 5.71. The van der Waals surface area contributed by atoms with Gasteiger partial charge in [0.25, 0.3) is 0 Å². The van der Waals surface area contributed by atoms with E-state index in [0.717, 1.165) is 27.2 Å². The Morgan fingerprint density at radius 2 is 1.79 bits per heavy atom. The summed E-state index contributed by atoms with van der Waals surface area (Å²) in [6.45, 7) is 0.658. The van der Waals surface area contributed by atoms with E-state index in [2.05, 4.69) is 10.3 Å². The van der Waals surface area contributed by atoms with E-state index in [0.29, 0.717) is 34.9 Å². The van der Waals surface area contributed by atoms with Gasteiger partial charge in [-0.15, -0.1) is 11.3 Å². The van der Waals surface area contributed by atoms with E-state index in [-0.39, 0.29) is 5.82 Å². The van der Waals surface area contributed by atoms with Crippen LogP contribution >= 0.6 is 11.3 Å². The molecule has 0 fully saturated rings. The van der Waals surface area contributed by atoms with Crippen molar-refractivity contribution in [1.82, 2.24) is 9.97 Å². The highest BCUT2D eigenvalue weighted by atomic mass is 32.1. The number of rotatable bonds is 7. The fourth-order valence-corrected chi connectivity index (χ4v) is 4.46. The van der Waals surface area contributed by atoms with Gasteiger partial charge >= 0.3 is 0 Å². The van der Waals surface area contributed by atoms with Crippen LogP contribution in [0.4, 0.5) is 10.1 Å². The van der Waals surface area contributed by atoms with Crippen molar-refractivity contribution in [3.63, 3.8) is 0 Å². The Labute approximate surface area is 194 Å². The normalized spacial score (nSPS) is 11.0. The summed E-state index contributed by atoms with van der Waals surface area (Å²) >= 11 is 1.51. The molecule has 0 unspecified atom stereocenters. The molecule has 0 radical (unpaired) electrons. The van der Waals surface area contributed by atoms with E-state index in [9.17, 15) is 4.39 Å². The lowest BCUT2D eigenvalue weighted by atomic mass is 10.1. The molecule has 166 valence electrons. The number of hydrogen-bond donors (Lipinski definition) is 2. The lowest BCUT2D eigenvalue weighted by Crippen LogP contribution is -2.00. The largest absolute Gasteiger partial charge is 0.493 e. The SMILES string of the molecule is COc1ccc(NCc2ccc(-c3nc4cc(-c5cccs5)c(F)cc4[nH]3)cc2)cc1OC. The van der Waals surface area contributed by atoms with Gasteiger partial charge in [0.05, 0.1) is 25.3 Å².